The Morgan fingerprint density at radius 2 is 1.67 bits per heavy atom. The maximum absolute atomic E-state index is 10.9. The molecular formula is C27H28O3. The summed E-state index contributed by atoms with van der Waals surface area (Å²) in [6, 6.07) is 27.4. The van der Waals surface area contributed by atoms with Crippen molar-refractivity contribution in [1.82, 2.24) is 0 Å². The molecule has 1 fully saturated rings. The van der Waals surface area contributed by atoms with Crippen LogP contribution in [0.2, 0.25) is 0 Å². The summed E-state index contributed by atoms with van der Waals surface area (Å²) in [6.07, 6.45) is 5.40. The minimum Gasteiger partial charge on any atom is -0.508 e. The molecule has 4 rings (SSSR count). The van der Waals surface area contributed by atoms with E-state index in [0.29, 0.717) is 6.61 Å². The summed E-state index contributed by atoms with van der Waals surface area (Å²) in [5.74, 6) is 0.593. The number of aliphatic hydroxyl groups excluding tert-OH is 1. The average Bonchev–Trinajstić information content (AvgIpc) is 2.80. The van der Waals surface area contributed by atoms with E-state index in [4.69, 9.17) is 4.74 Å². The van der Waals surface area contributed by atoms with Gasteiger partial charge in [-0.3, -0.25) is 0 Å². The summed E-state index contributed by atoms with van der Waals surface area (Å²) < 4.78 is 6.32. The number of hydrogen-bond donors (Lipinski definition) is 2. The van der Waals surface area contributed by atoms with Gasteiger partial charge < -0.3 is 14.9 Å². The average molecular weight is 401 g/mol. The lowest BCUT2D eigenvalue weighted by atomic mass is 9.79. The van der Waals surface area contributed by atoms with Crippen molar-refractivity contribution in [2.45, 2.75) is 25.0 Å². The van der Waals surface area contributed by atoms with Gasteiger partial charge >= 0.3 is 0 Å². The Balaban J connectivity index is 1.51. The zero-order valence-electron chi connectivity index (χ0n) is 17.0. The fourth-order valence-corrected chi connectivity index (χ4v) is 4.32. The second-order valence-corrected chi connectivity index (χ2v) is 8.01. The number of aliphatic hydroxyl groups is 1. The largest absolute Gasteiger partial charge is 0.508 e. The molecule has 3 heteroatoms. The number of phenols is 1. The standard InChI is InChI=1S/C27H28O3/c28-25-16-8-10-20(17-25)9-7-15-23-18-24(26(29)21-11-3-1-4-12-21)19-30-27(23)22-13-5-2-6-14-22/h1-14,16-17,23-24,26-29H,15,18-19H2/b9-7+/t23-,24+,26-,27+/m0/s1. The highest BCUT2D eigenvalue weighted by atomic mass is 16.5. The summed E-state index contributed by atoms with van der Waals surface area (Å²) in [7, 11) is 0. The first-order valence-electron chi connectivity index (χ1n) is 10.6. The van der Waals surface area contributed by atoms with Gasteiger partial charge in [-0.15, -0.1) is 0 Å². The van der Waals surface area contributed by atoms with Crippen LogP contribution in [0.15, 0.2) is 91.0 Å². The van der Waals surface area contributed by atoms with Gasteiger partial charge in [-0.2, -0.15) is 0 Å². The van der Waals surface area contributed by atoms with Crippen LogP contribution >= 0.6 is 0 Å². The lowest BCUT2D eigenvalue weighted by molar-refractivity contribution is -0.0900. The van der Waals surface area contributed by atoms with E-state index in [1.54, 1.807) is 12.1 Å². The molecule has 1 heterocycles. The molecule has 2 N–H and O–H groups in total. The Bertz CT molecular complexity index is 952. The van der Waals surface area contributed by atoms with Crippen LogP contribution in [-0.2, 0) is 4.74 Å². The van der Waals surface area contributed by atoms with Crippen molar-refractivity contribution < 1.29 is 14.9 Å². The molecule has 0 amide bonds. The number of allylic oxidation sites excluding steroid dienone is 1. The second-order valence-electron chi connectivity index (χ2n) is 8.01. The molecule has 0 aliphatic carbocycles. The highest BCUT2D eigenvalue weighted by molar-refractivity contribution is 5.51. The normalized spacial score (nSPS) is 22.8. The van der Waals surface area contributed by atoms with Gasteiger partial charge in [0, 0.05) is 5.92 Å². The van der Waals surface area contributed by atoms with E-state index in [1.165, 1.54) is 5.56 Å². The van der Waals surface area contributed by atoms with Gasteiger partial charge in [0.05, 0.1) is 18.8 Å². The highest BCUT2D eigenvalue weighted by Gasteiger charge is 2.35. The van der Waals surface area contributed by atoms with Crippen LogP contribution in [0.3, 0.4) is 0 Å². The zero-order chi connectivity index (χ0) is 20.8. The fraction of sp³-hybridized carbons (Fsp3) is 0.259. The van der Waals surface area contributed by atoms with Gasteiger partial charge in [0.1, 0.15) is 5.75 Å². The quantitative estimate of drug-likeness (QED) is 0.540. The Hall–Kier alpha value is -2.88. The van der Waals surface area contributed by atoms with Crippen LogP contribution in [0.5, 0.6) is 5.75 Å². The smallest absolute Gasteiger partial charge is 0.116 e. The molecule has 0 radical (unpaired) electrons. The van der Waals surface area contributed by atoms with Crippen molar-refractivity contribution in [3.63, 3.8) is 0 Å². The molecule has 1 aliphatic rings. The zero-order valence-corrected chi connectivity index (χ0v) is 17.0. The predicted octanol–water partition coefficient (Wildman–Crippen LogP) is 5.92. The number of aromatic hydroxyl groups is 1. The molecule has 1 aliphatic heterocycles. The van der Waals surface area contributed by atoms with Crippen molar-refractivity contribution >= 4 is 6.08 Å². The first kappa shape index (κ1) is 20.4. The molecule has 3 nitrogen and oxygen atoms in total. The Kier molecular flexibility index (Phi) is 6.63. The third-order valence-corrected chi connectivity index (χ3v) is 5.86. The second kappa shape index (κ2) is 9.75. The Morgan fingerprint density at radius 3 is 2.40 bits per heavy atom. The van der Waals surface area contributed by atoms with Crippen molar-refractivity contribution in [2.24, 2.45) is 11.8 Å². The van der Waals surface area contributed by atoms with Crippen LogP contribution in [0, 0.1) is 11.8 Å². The number of benzene rings is 3. The topological polar surface area (TPSA) is 49.7 Å². The number of rotatable bonds is 6. The van der Waals surface area contributed by atoms with Gasteiger partial charge in [-0.1, -0.05) is 84.9 Å². The summed E-state index contributed by atoms with van der Waals surface area (Å²) in [5.41, 5.74) is 3.10. The summed E-state index contributed by atoms with van der Waals surface area (Å²) >= 11 is 0. The van der Waals surface area contributed by atoms with Crippen molar-refractivity contribution in [1.29, 1.82) is 0 Å². The maximum atomic E-state index is 10.9. The van der Waals surface area contributed by atoms with Gasteiger partial charge in [-0.05, 0) is 47.6 Å². The van der Waals surface area contributed by atoms with Gasteiger partial charge in [-0.25, -0.2) is 0 Å². The Labute approximate surface area is 178 Å². The first-order chi connectivity index (χ1) is 14.7. The molecule has 0 aromatic heterocycles. The van der Waals surface area contributed by atoms with Crippen molar-refractivity contribution in [2.75, 3.05) is 6.61 Å². The summed E-state index contributed by atoms with van der Waals surface area (Å²) in [6.45, 7) is 0.544. The Morgan fingerprint density at radius 1 is 0.933 bits per heavy atom. The molecule has 0 spiro atoms. The van der Waals surface area contributed by atoms with Crippen LogP contribution < -0.4 is 0 Å². The molecule has 1 saturated heterocycles. The maximum Gasteiger partial charge on any atom is 0.116 e. The van der Waals surface area contributed by atoms with Gasteiger partial charge in [0.25, 0.3) is 0 Å². The molecular weight excluding hydrogens is 372 g/mol. The van der Waals surface area contributed by atoms with E-state index in [9.17, 15) is 10.2 Å². The molecule has 3 aromatic carbocycles. The molecule has 0 bridgehead atoms. The van der Waals surface area contributed by atoms with E-state index in [0.717, 1.165) is 24.0 Å². The summed E-state index contributed by atoms with van der Waals surface area (Å²) in [4.78, 5) is 0. The molecule has 0 saturated carbocycles. The van der Waals surface area contributed by atoms with E-state index in [1.807, 2.05) is 66.7 Å². The molecule has 0 unspecified atom stereocenters. The number of phenolic OH excluding ortho intramolecular Hbond substituents is 1. The SMILES string of the molecule is Oc1cccc(/C=C/C[C@H]2C[C@@H]([C@@H](O)c3ccccc3)CO[C@@H]2c2ccccc2)c1. The van der Waals surface area contributed by atoms with E-state index >= 15 is 0 Å². The summed E-state index contributed by atoms with van der Waals surface area (Å²) in [5, 5.41) is 20.6. The first-order valence-corrected chi connectivity index (χ1v) is 10.6. The lowest BCUT2D eigenvalue weighted by Gasteiger charge is -2.38. The molecule has 30 heavy (non-hydrogen) atoms. The predicted molar refractivity (Wildman–Crippen MR) is 120 cm³/mol. The highest BCUT2D eigenvalue weighted by Crippen LogP contribution is 2.42. The van der Waals surface area contributed by atoms with E-state index in [2.05, 4.69) is 18.2 Å². The number of ether oxygens (including phenoxy) is 1. The van der Waals surface area contributed by atoms with Crippen LogP contribution in [-0.4, -0.2) is 16.8 Å². The lowest BCUT2D eigenvalue weighted by Crippen LogP contribution is -2.32. The van der Waals surface area contributed by atoms with Crippen LogP contribution in [0.4, 0.5) is 0 Å². The van der Waals surface area contributed by atoms with Crippen LogP contribution in [0.25, 0.3) is 6.08 Å². The molecule has 154 valence electrons. The fourth-order valence-electron chi connectivity index (χ4n) is 4.32. The number of hydrogen-bond acceptors (Lipinski definition) is 3. The molecule has 4 atom stereocenters. The van der Waals surface area contributed by atoms with Crippen molar-refractivity contribution in [3.8, 4) is 5.75 Å². The minimum atomic E-state index is -0.527. The van der Waals surface area contributed by atoms with Gasteiger partial charge in [0.15, 0.2) is 0 Å². The van der Waals surface area contributed by atoms with Crippen molar-refractivity contribution in [3.05, 3.63) is 108 Å². The monoisotopic (exact) mass is 400 g/mol. The van der Waals surface area contributed by atoms with E-state index < -0.39 is 6.10 Å². The van der Waals surface area contributed by atoms with Crippen LogP contribution in [0.1, 0.15) is 41.7 Å². The third kappa shape index (κ3) is 4.99. The van der Waals surface area contributed by atoms with E-state index in [-0.39, 0.29) is 23.7 Å². The minimum absolute atomic E-state index is 0.0132. The van der Waals surface area contributed by atoms with Gasteiger partial charge in [0.2, 0.25) is 0 Å². The third-order valence-electron chi connectivity index (χ3n) is 5.86. The molecule has 3 aromatic rings.